The number of likely N-dealkylation sites (N-methyl/N-ethyl adjacent to an activating group) is 1. The Bertz CT molecular complexity index is 482. The molecule has 0 unspecified atom stereocenters. The van der Waals surface area contributed by atoms with E-state index in [-0.39, 0.29) is 12.4 Å². The number of allylic oxidation sites excluding steroid dienone is 2. The number of quaternary nitrogens is 1. The van der Waals surface area contributed by atoms with Gasteiger partial charge in [0.15, 0.2) is 0 Å². The van der Waals surface area contributed by atoms with E-state index in [0.717, 1.165) is 19.6 Å². The van der Waals surface area contributed by atoms with Crippen LogP contribution in [0.25, 0.3) is 0 Å². The number of unbranched alkanes of at least 4 members (excludes halogenated alkanes) is 16. The molecule has 0 spiro atoms. The van der Waals surface area contributed by atoms with Gasteiger partial charge in [-0.25, -0.2) is 9.80 Å². The van der Waals surface area contributed by atoms with E-state index in [2.05, 4.69) is 29.5 Å². The zero-order chi connectivity index (χ0) is 23.3. The van der Waals surface area contributed by atoms with E-state index in [1.165, 1.54) is 116 Å². The molecule has 1 rings (SSSR count). The van der Waals surface area contributed by atoms with Gasteiger partial charge in [0.2, 0.25) is 0 Å². The fraction of sp³-hybridized carbons (Fsp3) is 0.893. The normalized spacial score (nSPS) is 16.4. The monoisotopic (exact) mass is 485 g/mol. The highest BCUT2D eigenvalue weighted by atomic mass is 35.5. The Balaban J connectivity index is 0.0000102. The zero-order valence-corrected chi connectivity index (χ0v) is 23.1. The van der Waals surface area contributed by atoms with Gasteiger partial charge >= 0.3 is 5.91 Å². The summed E-state index contributed by atoms with van der Waals surface area (Å²) < 4.78 is 0.522. The van der Waals surface area contributed by atoms with Gasteiger partial charge in [0.05, 0.1) is 27.2 Å². The van der Waals surface area contributed by atoms with Crippen LogP contribution in [0.1, 0.15) is 122 Å². The predicted octanol–water partition coefficient (Wildman–Crippen LogP) is 4.01. The molecule has 1 saturated heterocycles. The Labute approximate surface area is 212 Å². The molecule has 5 heteroatoms. The van der Waals surface area contributed by atoms with Gasteiger partial charge in [0, 0.05) is 6.54 Å². The van der Waals surface area contributed by atoms with E-state index in [0.29, 0.717) is 16.9 Å². The first kappa shape index (κ1) is 32.6. The van der Waals surface area contributed by atoms with Crippen molar-refractivity contribution in [2.45, 2.75) is 122 Å². The van der Waals surface area contributed by atoms with Crippen LogP contribution >= 0.6 is 0 Å². The second-order valence-corrected chi connectivity index (χ2v) is 10.5. The van der Waals surface area contributed by atoms with Crippen molar-refractivity contribution < 1.29 is 21.7 Å². The summed E-state index contributed by atoms with van der Waals surface area (Å²) >= 11 is 0. The van der Waals surface area contributed by atoms with Crippen LogP contribution in [0.15, 0.2) is 12.2 Å². The van der Waals surface area contributed by atoms with Crippen molar-refractivity contribution in [2.24, 2.45) is 0 Å². The lowest BCUT2D eigenvalue weighted by Crippen LogP contribution is -3.00. The first-order valence-electron chi connectivity index (χ1n) is 14.1. The number of hydrogen-bond acceptors (Lipinski definition) is 3. The molecule has 1 N–H and O–H groups in total. The third-order valence-electron chi connectivity index (χ3n) is 6.95. The topological polar surface area (TPSA) is 32.3 Å². The SMILES string of the molecule is CCCCCCCCC=CCCCCCCCCCCCCNN1CC[N+](C)(C)C(=O)C1.[Cl-]. The summed E-state index contributed by atoms with van der Waals surface area (Å²) in [6.07, 6.45) is 29.5. The number of piperazine rings is 1. The highest BCUT2D eigenvalue weighted by Crippen LogP contribution is 2.12. The molecule has 0 aromatic heterocycles. The molecule has 1 aliphatic rings. The third kappa shape index (κ3) is 18.6. The number of nitrogens with zero attached hydrogens (tertiary/aromatic N) is 2. The second-order valence-electron chi connectivity index (χ2n) is 10.5. The van der Waals surface area contributed by atoms with Gasteiger partial charge in [-0.15, -0.1) is 0 Å². The zero-order valence-electron chi connectivity index (χ0n) is 22.4. The lowest BCUT2D eigenvalue weighted by molar-refractivity contribution is -0.817. The molecular weight excluding hydrogens is 430 g/mol. The molecule has 0 saturated carbocycles. The Morgan fingerprint density at radius 3 is 1.70 bits per heavy atom. The first-order valence-corrected chi connectivity index (χ1v) is 14.1. The summed E-state index contributed by atoms with van der Waals surface area (Å²) in [5.74, 6) is 0.309. The number of rotatable bonds is 21. The van der Waals surface area contributed by atoms with Crippen LogP contribution in [0.5, 0.6) is 0 Å². The maximum atomic E-state index is 12.0. The van der Waals surface area contributed by atoms with Crippen molar-refractivity contribution in [1.82, 2.24) is 10.4 Å². The van der Waals surface area contributed by atoms with Crippen LogP contribution in [0, 0.1) is 0 Å². The number of halogens is 1. The van der Waals surface area contributed by atoms with Crippen molar-refractivity contribution in [3.05, 3.63) is 12.2 Å². The summed E-state index contributed by atoms with van der Waals surface area (Å²) in [5, 5.41) is 2.11. The number of hydrazine groups is 1. The fourth-order valence-electron chi connectivity index (χ4n) is 4.38. The van der Waals surface area contributed by atoms with Crippen LogP contribution < -0.4 is 17.8 Å². The molecular formula is C28H56ClN3O. The van der Waals surface area contributed by atoms with E-state index in [9.17, 15) is 4.79 Å². The lowest BCUT2D eigenvalue weighted by Gasteiger charge is -2.36. The summed E-state index contributed by atoms with van der Waals surface area (Å²) in [4.78, 5) is 12.0. The maximum absolute atomic E-state index is 12.0. The molecule has 4 nitrogen and oxygen atoms in total. The fourth-order valence-corrected chi connectivity index (χ4v) is 4.38. The standard InChI is InChI=1S/C28H56N3O.ClH/c1-4-5-6-7-8-9-10-11-12-13-14-15-16-17-18-19-20-21-22-23-24-29-30-25-26-31(2,3)28(32)27-30;/h11-12,29H,4-10,13-27H2,1-3H3;1H/q+1;/p-1. The Morgan fingerprint density at radius 2 is 1.21 bits per heavy atom. The highest BCUT2D eigenvalue weighted by Gasteiger charge is 2.33. The number of carbonyl (C=O) groups excluding carboxylic acids is 1. The first-order chi connectivity index (χ1) is 15.6. The lowest BCUT2D eigenvalue weighted by atomic mass is 10.1. The van der Waals surface area contributed by atoms with Gasteiger partial charge in [-0.3, -0.25) is 9.91 Å². The van der Waals surface area contributed by atoms with E-state index < -0.39 is 0 Å². The minimum Gasteiger partial charge on any atom is -1.00 e. The van der Waals surface area contributed by atoms with E-state index in [4.69, 9.17) is 0 Å². The molecule has 196 valence electrons. The molecule has 0 aromatic rings. The summed E-state index contributed by atoms with van der Waals surface area (Å²) in [5.41, 5.74) is 3.45. The third-order valence-corrected chi connectivity index (χ3v) is 6.95. The average molecular weight is 486 g/mol. The Morgan fingerprint density at radius 1 is 0.758 bits per heavy atom. The van der Waals surface area contributed by atoms with Gasteiger partial charge in [-0.1, -0.05) is 103 Å². The minimum atomic E-state index is 0. The van der Waals surface area contributed by atoms with Crippen molar-refractivity contribution in [1.29, 1.82) is 0 Å². The van der Waals surface area contributed by atoms with Gasteiger partial charge < -0.3 is 12.4 Å². The number of amides is 1. The molecule has 0 radical (unpaired) electrons. The van der Waals surface area contributed by atoms with Crippen LogP contribution in [0.2, 0.25) is 0 Å². The largest absolute Gasteiger partial charge is 1.00 e. The van der Waals surface area contributed by atoms with Crippen molar-refractivity contribution >= 4 is 5.91 Å². The molecule has 0 atom stereocenters. The molecule has 1 aliphatic heterocycles. The second kappa shape index (κ2) is 22.1. The Hall–Kier alpha value is -0.420. The van der Waals surface area contributed by atoms with Crippen LogP contribution in [0.4, 0.5) is 0 Å². The van der Waals surface area contributed by atoms with E-state index in [1.54, 1.807) is 0 Å². The minimum absolute atomic E-state index is 0. The molecule has 1 heterocycles. The number of hydrogen-bond donors (Lipinski definition) is 1. The van der Waals surface area contributed by atoms with Crippen LogP contribution in [-0.4, -0.2) is 55.7 Å². The molecule has 0 bridgehead atoms. The van der Waals surface area contributed by atoms with Crippen molar-refractivity contribution in [3.63, 3.8) is 0 Å². The summed E-state index contributed by atoms with van der Waals surface area (Å²) in [6.45, 7) is 5.71. The predicted molar refractivity (Wildman–Crippen MR) is 139 cm³/mol. The summed E-state index contributed by atoms with van der Waals surface area (Å²) in [6, 6.07) is 0. The van der Waals surface area contributed by atoms with Gasteiger partial charge in [0.25, 0.3) is 0 Å². The van der Waals surface area contributed by atoms with Crippen LogP contribution in [-0.2, 0) is 4.79 Å². The Kier molecular flexibility index (Phi) is 21.8. The van der Waals surface area contributed by atoms with Gasteiger partial charge in [0.1, 0.15) is 6.54 Å². The molecule has 0 aromatic carbocycles. The molecule has 33 heavy (non-hydrogen) atoms. The maximum Gasteiger partial charge on any atom is 0.328 e. The van der Waals surface area contributed by atoms with Gasteiger partial charge in [-0.05, 0) is 32.1 Å². The van der Waals surface area contributed by atoms with Crippen molar-refractivity contribution in [3.8, 4) is 0 Å². The molecule has 1 amide bonds. The quantitative estimate of drug-likeness (QED) is 0.151. The van der Waals surface area contributed by atoms with E-state index >= 15 is 0 Å². The average Bonchev–Trinajstić information content (AvgIpc) is 2.77. The van der Waals surface area contributed by atoms with Gasteiger partial charge in [-0.2, -0.15) is 0 Å². The van der Waals surface area contributed by atoms with Crippen molar-refractivity contribution in [2.75, 3.05) is 40.3 Å². The number of carbonyl (C=O) groups is 1. The number of nitrogens with one attached hydrogen (secondary N) is 1. The molecule has 1 fully saturated rings. The smallest absolute Gasteiger partial charge is 0.328 e. The highest BCUT2D eigenvalue weighted by molar-refractivity contribution is 5.71. The van der Waals surface area contributed by atoms with E-state index in [1.807, 2.05) is 14.1 Å². The summed E-state index contributed by atoms with van der Waals surface area (Å²) in [7, 11) is 4.02. The van der Waals surface area contributed by atoms with Crippen LogP contribution in [0.3, 0.4) is 0 Å². The molecule has 0 aliphatic carbocycles.